The first-order valence-corrected chi connectivity index (χ1v) is 9.72. The van der Waals surface area contributed by atoms with E-state index in [9.17, 15) is 9.59 Å². The molecular weight excluding hydrogens is 380 g/mol. The van der Waals surface area contributed by atoms with Gasteiger partial charge < -0.3 is 19.7 Å². The summed E-state index contributed by atoms with van der Waals surface area (Å²) in [5.41, 5.74) is 3.67. The van der Waals surface area contributed by atoms with E-state index in [1.807, 2.05) is 68.3 Å². The summed E-state index contributed by atoms with van der Waals surface area (Å²) in [6.07, 6.45) is 4.59. The molecule has 0 aliphatic heterocycles. The molecule has 0 atom stereocenters. The van der Waals surface area contributed by atoms with Crippen molar-refractivity contribution in [3.8, 4) is 11.5 Å². The number of anilines is 2. The van der Waals surface area contributed by atoms with Crippen molar-refractivity contribution in [2.24, 2.45) is 0 Å². The lowest BCUT2D eigenvalue weighted by Gasteiger charge is -2.25. The van der Waals surface area contributed by atoms with E-state index in [1.165, 1.54) is 0 Å². The highest BCUT2D eigenvalue weighted by molar-refractivity contribution is 6.04. The average Bonchev–Trinajstić information content (AvgIpc) is 2.75. The Morgan fingerprint density at radius 1 is 1.17 bits per heavy atom. The number of carbonyl (C=O) groups is 2. The van der Waals surface area contributed by atoms with Crippen LogP contribution < -0.4 is 19.7 Å². The Bertz CT molecular complexity index is 963. The molecule has 0 fully saturated rings. The normalized spacial score (nSPS) is 11.6. The Morgan fingerprint density at radius 3 is 2.53 bits per heavy atom. The number of carbonyl (C=O) groups excluding carboxylic acids is 2. The van der Waals surface area contributed by atoms with Gasteiger partial charge in [-0.15, -0.1) is 0 Å². The number of rotatable bonds is 9. The summed E-state index contributed by atoms with van der Waals surface area (Å²) in [7, 11) is 3.47. The molecule has 158 valence electrons. The Labute approximate surface area is 177 Å². The number of hydrogen-bond acceptors (Lipinski definition) is 5. The van der Waals surface area contributed by atoms with Crippen LogP contribution in [-0.2, 0) is 9.59 Å². The standard InChI is InChI=1S/C24H28N2O4/c1-6-10-17(3)24(28)25-20-15-18(13-14-23(20)29-5)26(4)21(7-2)19-11-8-9-12-22(19)30-16-27/h7-16H,6H2,1-5H3,(H,25,28)/b17-10+,21-7+. The number of benzene rings is 2. The predicted molar refractivity (Wildman–Crippen MR) is 121 cm³/mol. The topological polar surface area (TPSA) is 67.9 Å². The SMILES string of the molecule is C/C=C(\c1ccccc1OC=O)N(C)c1ccc(OC)c(NC(=O)/C(C)=C/CC)c1. The zero-order chi connectivity index (χ0) is 22.1. The van der Waals surface area contributed by atoms with Crippen molar-refractivity contribution in [1.82, 2.24) is 0 Å². The fourth-order valence-electron chi connectivity index (χ4n) is 3.12. The summed E-state index contributed by atoms with van der Waals surface area (Å²) in [4.78, 5) is 25.3. The van der Waals surface area contributed by atoms with Crippen molar-refractivity contribution in [3.05, 3.63) is 65.8 Å². The molecule has 0 radical (unpaired) electrons. The number of methoxy groups -OCH3 is 1. The molecule has 6 nitrogen and oxygen atoms in total. The first-order valence-electron chi connectivity index (χ1n) is 9.72. The van der Waals surface area contributed by atoms with Crippen molar-refractivity contribution < 1.29 is 19.1 Å². The van der Waals surface area contributed by atoms with Gasteiger partial charge in [0.1, 0.15) is 11.5 Å². The van der Waals surface area contributed by atoms with E-state index in [0.717, 1.165) is 23.4 Å². The van der Waals surface area contributed by atoms with Crippen LogP contribution in [0.1, 0.15) is 32.8 Å². The van der Waals surface area contributed by atoms with Gasteiger partial charge in [0.25, 0.3) is 12.4 Å². The molecule has 0 saturated carbocycles. The number of hydrogen-bond donors (Lipinski definition) is 1. The Kier molecular flexibility index (Phi) is 8.23. The summed E-state index contributed by atoms with van der Waals surface area (Å²) in [6.45, 7) is 6.09. The Balaban J connectivity index is 2.42. The van der Waals surface area contributed by atoms with Gasteiger partial charge in [0.05, 0.1) is 12.8 Å². The van der Waals surface area contributed by atoms with Crippen molar-refractivity contribution in [3.63, 3.8) is 0 Å². The van der Waals surface area contributed by atoms with Crippen molar-refractivity contribution in [1.29, 1.82) is 0 Å². The number of amides is 1. The smallest absolute Gasteiger partial charge is 0.298 e. The van der Waals surface area contributed by atoms with Gasteiger partial charge in [0.15, 0.2) is 0 Å². The number of allylic oxidation sites excluding steroid dienone is 2. The molecule has 1 N–H and O–H groups in total. The third-order valence-corrected chi connectivity index (χ3v) is 4.66. The van der Waals surface area contributed by atoms with Gasteiger partial charge in [-0.25, -0.2) is 0 Å². The minimum absolute atomic E-state index is 0.175. The van der Waals surface area contributed by atoms with Crippen molar-refractivity contribution >= 4 is 29.5 Å². The maximum Gasteiger partial charge on any atom is 0.298 e. The van der Waals surface area contributed by atoms with Gasteiger partial charge >= 0.3 is 0 Å². The van der Waals surface area contributed by atoms with Crippen LogP contribution in [-0.4, -0.2) is 26.5 Å². The zero-order valence-electron chi connectivity index (χ0n) is 18.1. The number of ether oxygens (including phenoxy) is 2. The average molecular weight is 408 g/mol. The first-order chi connectivity index (χ1) is 14.5. The summed E-state index contributed by atoms with van der Waals surface area (Å²) in [6, 6.07) is 12.9. The predicted octanol–water partition coefficient (Wildman–Crippen LogP) is 5.02. The molecule has 0 unspecified atom stereocenters. The Hall–Kier alpha value is -3.54. The van der Waals surface area contributed by atoms with Gasteiger partial charge in [-0.05, 0) is 50.6 Å². The second-order valence-electron chi connectivity index (χ2n) is 6.58. The highest BCUT2D eigenvalue weighted by atomic mass is 16.5. The van der Waals surface area contributed by atoms with Crippen molar-refractivity contribution in [2.75, 3.05) is 24.4 Å². The third kappa shape index (κ3) is 5.29. The molecule has 0 bridgehead atoms. The fourth-order valence-corrected chi connectivity index (χ4v) is 3.12. The second kappa shape index (κ2) is 10.9. The van der Waals surface area contributed by atoms with Crippen LogP contribution in [0.25, 0.3) is 5.70 Å². The van der Waals surface area contributed by atoms with Gasteiger partial charge in [-0.3, -0.25) is 9.59 Å². The van der Waals surface area contributed by atoms with Gasteiger partial charge in [-0.2, -0.15) is 0 Å². The van der Waals surface area contributed by atoms with Gasteiger partial charge in [0, 0.05) is 29.6 Å². The lowest BCUT2D eigenvalue weighted by molar-refractivity contribution is -0.120. The molecular formula is C24H28N2O4. The van der Waals surface area contributed by atoms with Crippen LogP contribution in [0.15, 0.2) is 60.2 Å². The monoisotopic (exact) mass is 408 g/mol. The molecule has 0 spiro atoms. The second-order valence-corrected chi connectivity index (χ2v) is 6.58. The van der Waals surface area contributed by atoms with E-state index < -0.39 is 0 Å². The van der Waals surface area contributed by atoms with E-state index in [1.54, 1.807) is 26.2 Å². The fraction of sp³-hybridized carbons (Fsp3) is 0.250. The minimum atomic E-state index is -0.175. The summed E-state index contributed by atoms with van der Waals surface area (Å²) >= 11 is 0. The molecule has 2 rings (SSSR count). The lowest BCUT2D eigenvalue weighted by atomic mass is 10.1. The van der Waals surface area contributed by atoms with Crippen molar-refractivity contribution in [2.45, 2.75) is 27.2 Å². The van der Waals surface area contributed by atoms with E-state index in [-0.39, 0.29) is 5.91 Å². The van der Waals surface area contributed by atoms with Gasteiger partial charge in [-0.1, -0.05) is 31.2 Å². The molecule has 0 saturated heterocycles. The number of nitrogens with zero attached hydrogens (tertiary/aromatic N) is 1. The molecule has 0 aromatic heterocycles. The quantitative estimate of drug-likeness (QED) is 0.466. The highest BCUT2D eigenvalue weighted by Crippen LogP contribution is 2.35. The molecule has 6 heteroatoms. The zero-order valence-corrected chi connectivity index (χ0v) is 18.1. The molecule has 1 amide bonds. The molecule has 0 aliphatic carbocycles. The Morgan fingerprint density at radius 2 is 1.90 bits per heavy atom. The molecule has 30 heavy (non-hydrogen) atoms. The van der Waals surface area contributed by atoms with E-state index >= 15 is 0 Å². The minimum Gasteiger partial charge on any atom is -0.495 e. The summed E-state index contributed by atoms with van der Waals surface area (Å²) in [5, 5.41) is 2.92. The lowest BCUT2D eigenvalue weighted by Crippen LogP contribution is -2.17. The van der Waals surface area contributed by atoms with Crippen LogP contribution >= 0.6 is 0 Å². The van der Waals surface area contributed by atoms with Crippen LogP contribution in [0.3, 0.4) is 0 Å². The van der Waals surface area contributed by atoms with Crippen LogP contribution in [0, 0.1) is 0 Å². The number of nitrogens with one attached hydrogen (secondary N) is 1. The summed E-state index contributed by atoms with van der Waals surface area (Å²) in [5.74, 6) is 0.859. The maximum absolute atomic E-state index is 12.5. The third-order valence-electron chi connectivity index (χ3n) is 4.66. The van der Waals surface area contributed by atoms with E-state index in [2.05, 4.69) is 5.32 Å². The van der Waals surface area contributed by atoms with Crippen LogP contribution in [0.4, 0.5) is 11.4 Å². The van der Waals surface area contributed by atoms with Crippen LogP contribution in [0.5, 0.6) is 11.5 Å². The molecule has 2 aromatic carbocycles. The van der Waals surface area contributed by atoms with E-state index in [0.29, 0.717) is 29.2 Å². The first kappa shape index (κ1) is 22.7. The number of para-hydroxylation sites is 1. The van der Waals surface area contributed by atoms with E-state index in [4.69, 9.17) is 9.47 Å². The van der Waals surface area contributed by atoms with Crippen LogP contribution in [0.2, 0.25) is 0 Å². The molecule has 0 heterocycles. The van der Waals surface area contributed by atoms with Gasteiger partial charge in [0.2, 0.25) is 0 Å². The summed E-state index contributed by atoms with van der Waals surface area (Å²) < 4.78 is 10.6. The highest BCUT2D eigenvalue weighted by Gasteiger charge is 2.16. The molecule has 0 aliphatic rings. The molecule has 2 aromatic rings. The maximum atomic E-state index is 12.5. The largest absolute Gasteiger partial charge is 0.495 e.